The number of hydrogen-bond donors (Lipinski definition) is 1. The average molecular weight is 492 g/mol. The van der Waals surface area contributed by atoms with Crippen LogP contribution >= 0.6 is 11.6 Å². The van der Waals surface area contributed by atoms with Crippen LogP contribution in [0.1, 0.15) is 47.9 Å². The standard InChI is InChI=1S/C30H31ClFNO2/c31-29-19-23(34)11-14-27(29)28-8-3-6-21-5-1-2-7-26(21)30(28)22-9-12-24(13-10-22)35-25-15-18-33(20-25)17-4-16-32/h1-2,5,7,9-14,19,25,34H,3-4,6,8,15-18,20H2/t25-/m0/s1. The molecule has 1 fully saturated rings. The van der Waals surface area contributed by atoms with E-state index in [1.165, 1.54) is 22.3 Å². The first-order chi connectivity index (χ1) is 17.1. The van der Waals surface area contributed by atoms with Crippen molar-refractivity contribution in [3.05, 3.63) is 94.0 Å². The molecule has 0 amide bonds. The number of phenolic OH excluding ortho intramolecular Hbond substituents is 1. The van der Waals surface area contributed by atoms with Gasteiger partial charge >= 0.3 is 0 Å². The number of halogens is 2. The van der Waals surface area contributed by atoms with Crippen molar-refractivity contribution < 1.29 is 14.2 Å². The van der Waals surface area contributed by atoms with Crippen molar-refractivity contribution in [2.24, 2.45) is 0 Å². The Kier molecular flexibility index (Phi) is 7.40. The van der Waals surface area contributed by atoms with Crippen LogP contribution in [0.3, 0.4) is 0 Å². The highest BCUT2D eigenvalue weighted by Gasteiger charge is 2.24. The summed E-state index contributed by atoms with van der Waals surface area (Å²) in [5, 5.41) is 10.5. The fourth-order valence-corrected chi connectivity index (χ4v) is 5.63. The highest BCUT2D eigenvalue weighted by atomic mass is 35.5. The van der Waals surface area contributed by atoms with Crippen molar-refractivity contribution in [2.45, 2.75) is 38.2 Å². The quantitative estimate of drug-likeness (QED) is 0.380. The van der Waals surface area contributed by atoms with E-state index in [9.17, 15) is 9.50 Å². The molecular weight excluding hydrogens is 461 g/mol. The Hall–Kier alpha value is -2.82. The smallest absolute Gasteiger partial charge is 0.119 e. The zero-order valence-electron chi connectivity index (χ0n) is 19.9. The largest absolute Gasteiger partial charge is 0.508 e. The Morgan fingerprint density at radius 3 is 2.63 bits per heavy atom. The van der Waals surface area contributed by atoms with Gasteiger partial charge in [-0.2, -0.15) is 0 Å². The summed E-state index contributed by atoms with van der Waals surface area (Å²) >= 11 is 6.62. The predicted molar refractivity (Wildman–Crippen MR) is 141 cm³/mol. The molecule has 1 N–H and O–H groups in total. The van der Waals surface area contributed by atoms with Crippen LogP contribution in [0.2, 0.25) is 5.02 Å². The van der Waals surface area contributed by atoms with E-state index in [0.717, 1.165) is 62.2 Å². The van der Waals surface area contributed by atoms with Crippen LogP contribution in [0.25, 0.3) is 11.1 Å². The van der Waals surface area contributed by atoms with Crippen LogP contribution in [-0.2, 0) is 6.42 Å². The second-order valence-corrected chi connectivity index (χ2v) is 9.83. The van der Waals surface area contributed by atoms with Gasteiger partial charge in [0.05, 0.1) is 11.7 Å². The molecule has 0 unspecified atom stereocenters. The molecule has 182 valence electrons. The Labute approximate surface area is 211 Å². The first-order valence-corrected chi connectivity index (χ1v) is 12.9. The summed E-state index contributed by atoms with van der Waals surface area (Å²) in [6.45, 7) is 2.35. The van der Waals surface area contributed by atoms with Crippen molar-refractivity contribution in [3.8, 4) is 11.5 Å². The summed E-state index contributed by atoms with van der Waals surface area (Å²) < 4.78 is 18.8. The maximum absolute atomic E-state index is 12.5. The van der Waals surface area contributed by atoms with E-state index in [0.29, 0.717) is 11.4 Å². The Morgan fingerprint density at radius 1 is 1.00 bits per heavy atom. The summed E-state index contributed by atoms with van der Waals surface area (Å²) in [6, 6.07) is 22.2. The van der Waals surface area contributed by atoms with E-state index in [2.05, 4.69) is 53.4 Å². The molecule has 0 radical (unpaired) electrons. The lowest BCUT2D eigenvalue weighted by atomic mass is 9.88. The number of aryl methyl sites for hydroxylation is 1. The molecule has 3 nitrogen and oxygen atoms in total. The van der Waals surface area contributed by atoms with Crippen LogP contribution in [0.4, 0.5) is 4.39 Å². The lowest BCUT2D eigenvalue weighted by molar-refractivity contribution is 0.198. The van der Waals surface area contributed by atoms with Crippen LogP contribution in [0.5, 0.6) is 11.5 Å². The number of fused-ring (bicyclic) bond motifs is 1. The number of likely N-dealkylation sites (tertiary alicyclic amines) is 1. The van der Waals surface area contributed by atoms with Gasteiger partial charge in [0.25, 0.3) is 0 Å². The number of hydrogen-bond acceptors (Lipinski definition) is 3. The molecule has 1 saturated heterocycles. The second-order valence-electron chi connectivity index (χ2n) is 9.42. The highest BCUT2D eigenvalue weighted by Crippen LogP contribution is 2.42. The minimum absolute atomic E-state index is 0.143. The fourth-order valence-electron chi connectivity index (χ4n) is 5.35. The summed E-state index contributed by atoms with van der Waals surface area (Å²) in [5.74, 6) is 1.03. The van der Waals surface area contributed by atoms with E-state index in [4.69, 9.17) is 16.3 Å². The summed E-state index contributed by atoms with van der Waals surface area (Å²) in [7, 11) is 0. The summed E-state index contributed by atoms with van der Waals surface area (Å²) in [4.78, 5) is 2.28. The van der Waals surface area contributed by atoms with Gasteiger partial charge in [0.2, 0.25) is 0 Å². The Morgan fingerprint density at radius 2 is 1.83 bits per heavy atom. The third-order valence-electron chi connectivity index (χ3n) is 7.02. The van der Waals surface area contributed by atoms with Gasteiger partial charge in [-0.15, -0.1) is 0 Å². The highest BCUT2D eigenvalue weighted by molar-refractivity contribution is 6.33. The van der Waals surface area contributed by atoms with E-state index < -0.39 is 0 Å². The zero-order valence-corrected chi connectivity index (χ0v) is 20.6. The lowest BCUT2D eigenvalue weighted by Gasteiger charge is -2.19. The van der Waals surface area contributed by atoms with Gasteiger partial charge in [-0.05, 0) is 95.8 Å². The number of benzene rings is 3. The normalized spacial score (nSPS) is 18.4. The minimum atomic E-state index is -0.264. The van der Waals surface area contributed by atoms with Gasteiger partial charge in [0.1, 0.15) is 17.6 Å². The number of alkyl halides is 1. The number of nitrogens with zero attached hydrogens (tertiary/aromatic N) is 1. The Balaban J connectivity index is 1.47. The van der Waals surface area contributed by atoms with Crippen molar-refractivity contribution in [1.29, 1.82) is 0 Å². The number of phenols is 1. The molecule has 0 aromatic heterocycles. The molecule has 5 heteroatoms. The van der Waals surface area contributed by atoms with Gasteiger partial charge in [-0.3, -0.25) is 9.29 Å². The minimum Gasteiger partial charge on any atom is -0.508 e. The summed E-state index contributed by atoms with van der Waals surface area (Å²) in [6.07, 6.45) is 4.66. The van der Waals surface area contributed by atoms with Gasteiger partial charge in [-0.25, -0.2) is 0 Å². The molecule has 2 aliphatic rings. The van der Waals surface area contributed by atoms with Crippen LogP contribution in [0.15, 0.2) is 66.7 Å². The third-order valence-corrected chi connectivity index (χ3v) is 7.33. The first-order valence-electron chi connectivity index (χ1n) is 12.5. The van der Waals surface area contributed by atoms with Gasteiger partial charge in [0, 0.05) is 19.6 Å². The van der Waals surface area contributed by atoms with Crippen LogP contribution < -0.4 is 4.74 Å². The van der Waals surface area contributed by atoms with E-state index in [1.54, 1.807) is 12.1 Å². The SMILES string of the molecule is Oc1ccc(C2=C(c3ccc(O[C@H]4CCN(CCCF)C4)cc3)c3ccccc3CCC2)c(Cl)c1. The van der Waals surface area contributed by atoms with Gasteiger partial charge in [-0.1, -0.05) is 48.0 Å². The number of rotatable bonds is 7. The molecule has 1 atom stereocenters. The molecule has 1 aliphatic carbocycles. The van der Waals surface area contributed by atoms with Crippen molar-refractivity contribution >= 4 is 22.7 Å². The van der Waals surface area contributed by atoms with Crippen molar-refractivity contribution in [1.82, 2.24) is 4.90 Å². The average Bonchev–Trinajstić information content (AvgIpc) is 3.22. The molecule has 5 rings (SSSR count). The zero-order chi connectivity index (χ0) is 24.2. The first kappa shape index (κ1) is 23.9. The molecular formula is C30H31ClFNO2. The molecule has 0 saturated carbocycles. The van der Waals surface area contributed by atoms with E-state index >= 15 is 0 Å². The number of ether oxygens (including phenoxy) is 1. The van der Waals surface area contributed by atoms with Gasteiger partial charge < -0.3 is 9.84 Å². The number of allylic oxidation sites excluding steroid dienone is 1. The van der Waals surface area contributed by atoms with Crippen LogP contribution in [0, 0.1) is 0 Å². The third kappa shape index (κ3) is 5.39. The maximum atomic E-state index is 12.5. The predicted octanol–water partition coefficient (Wildman–Crippen LogP) is 7.15. The fraction of sp³-hybridized carbons (Fsp3) is 0.333. The Bertz CT molecular complexity index is 1210. The maximum Gasteiger partial charge on any atom is 0.119 e. The topological polar surface area (TPSA) is 32.7 Å². The number of aromatic hydroxyl groups is 1. The molecule has 0 bridgehead atoms. The van der Waals surface area contributed by atoms with Crippen LogP contribution in [-0.4, -0.2) is 42.4 Å². The monoisotopic (exact) mass is 491 g/mol. The molecule has 0 spiro atoms. The lowest BCUT2D eigenvalue weighted by Crippen LogP contribution is -2.26. The second kappa shape index (κ2) is 10.8. The molecule has 3 aromatic carbocycles. The van der Waals surface area contributed by atoms with Crippen molar-refractivity contribution in [3.63, 3.8) is 0 Å². The molecule has 1 aliphatic heterocycles. The molecule has 1 heterocycles. The van der Waals surface area contributed by atoms with Gasteiger partial charge in [0.15, 0.2) is 0 Å². The molecule has 3 aromatic rings. The molecule has 35 heavy (non-hydrogen) atoms. The van der Waals surface area contributed by atoms with Crippen molar-refractivity contribution in [2.75, 3.05) is 26.3 Å². The van der Waals surface area contributed by atoms with E-state index in [-0.39, 0.29) is 18.5 Å². The van der Waals surface area contributed by atoms with E-state index in [1.807, 2.05) is 6.07 Å². The summed E-state index contributed by atoms with van der Waals surface area (Å²) in [5.41, 5.74) is 7.06.